The van der Waals surface area contributed by atoms with E-state index in [1.54, 1.807) is 0 Å². The Balaban J connectivity index is 1.86. The average Bonchev–Trinajstić information content (AvgIpc) is 2.97. The zero-order valence-electron chi connectivity index (χ0n) is 14.1. The molecular weight excluding hydrogens is 278 g/mol. The quantitative estimate of drug-likeness (QED) is 0.829. The molecule has 0 bridgehead atoms. The van der Waals surface area contributed by atoms with Crippen molar-refractivity contribution in [1.29, 1.82) is 0 Å². The number of thiazole rings is 1. The Morgan fingerprint density at radius 2 is 2.24 bits per heavy atom. The molecule has 0 aromatic carbocycles. The number of hydrogen-bond acceptors (Lipinski definition) is 4. The van der Waals surface area contributed by atoms with Crippen molar-refractivity contribution >= 4 is 11.3 Å². The van der Waals surface area contributed by atoms with Crippen LogP contribution in [0.3, 0.4) is 0 Å². The summed E-state index contributed by atoms with van der Waals surface area (Å²) in [5, 5.41) is 5.02. The molecule has 0 saturated carbocycles. The zero-order chi connectivity index (χ0) is 15.2. The first-order chi connectivity index (χ1) is 10.1. The van der Waals surface area contributed by atoms with Crippen molar-refractivity contribution in [2.75, 3.05) is 19.6 Å². The summed E-state index contributed by atoms with van der Waals surface area (Å²) >= 11 is 1.85. The minimum absolute atomic E-state index is 0.367. The maximum Gasteiger partial charge on any atom is 0.109 e. The molecule has 4 heteroatoms. The lowest BCUT2D eigenvalue weighted by atomic mass is 9.91. The van der Waals surface area contributed by atoms with Crippen LogP contribution in [-0.4, -0.2) is 35.6 Å². The monoisotopic (exact) mass is 309 g/mol. The van der Waals surface area contributed by atoms with Gasteiger partial charge in [-0.05, 0) is 58.5 Å². The van der Waals surface area contributed by atoms with Crippen LogP contribution in [0.25, 0.3) is 0 Å². The highest BCUT2D eigenvalue weighted by Crippen LogP contribution is 2.24. The van der Waals surface area contributed by atoms with E-state index in [4.69, 9.17) is 0 Å². The van der Waals surface area contributed by atoms with E-state index >= 15 is 0 Å². The van der Waals surface area contributed by atoms with E-state index in [1.165, 1.54) is 48.8 Å². The SMILES string of the molecule is CCCN1CCCC(C(C)NC(C)c2ncc(CC)s2)C1. The van der Waals surface area contributed by atoms with Crippen molar-refractivity contribution < 1.29 is 0 Å². The lowest BCUT2D eigenvalue weighted by Crippen LogP contribution is -2.45. The molecule has 3 unspecified atom stereocenters. The van der Waals surface area contributed by atoms with Gasteiger partial charge in [-0.2, -0.15) is 0 Å². The fraction of sp³-hybridized carbons (Fsp3) is 0.824. The molecule has 2 heterocycles. The zero-order valence-corrected chi connectivity index (χ0v) is 14.9. The van der Waals surface area contributed by atoms with Crippen molar-refractivity contribution in [1.82, 2.24) is 15.2 Å². The summed E-state index contributed by atoms with van der Waals surface area (Å²) in [6, 6.07) is 0.931. The lowest BCUT2D eigenvalue weighted by molar-refractivity contribution is 0.147. The molecule has 0 amide bonds. The maximum absolute atomic E-state index is 4.58. The van der Waals surface area contributed by atoms with Crippen molar-refractivity contribution in [3.63, 3.8) is 0 Å². The smallest absolute Gasteiger partial charge is 0.109 e. The Hall–Kier alpha value is -0.450. The van der Waals surface area contributed by atoms with Gasteiger partial charge in [-0.15, -0.1) is 11.3 Å². The number of piperidine rings is 1. The second-order valence-electron chi connectivity index (χ2n) is 6.40. The largest absolute Gasteiger partial charge is 0.305 e. The Morgan fingerprint density at radius 3 is 2.90 bits per heavy atom. The molecule has 1 saturated heterocycles. The van der Waals surface area contributed by atoms with Crippen LogP contribution in [0.15, 0.2) is 6.20 Å². The van der Waals surface area contributed by atoms with E-state index < -0.39 is 0 Å². The first-order valence-corrected chi connectivity index (χ1v) is 9.38. The Labute approximate surface area is 134 Å². The van der Waals surface area contributed by atoms with Crippen LogP contribution in [0.2, 0.25) is 0 Å². The van der Waals surface area contributed by atoms with Crippen LogP contribution in [0.1, 0.15) is 62.9 Å². The molecular formula is C17H31N3S. The molecule has 1 aliphatic rings. The number of hydrogen-bond donors (Lipinski definition) is 1. The minimum atomic E-state index is 0.367. The van der Waals surface area contributed by atoms with E-state index in [9.17, 15) is 0 Å². The topological polar surface area (TPSA) is 28.2 Å². The van der Waals surface area contributed by atoms with Crippen molar-refractivity contribution in [3.05, 3.63) is 16.1 Å². The first-order valence-electron chi connectivity index (χ1n) is 8.57. The van der Waals surface area contributed by atoms with Gasteiger partial charge >= 0.3 is 0 Å². The van der Waals surface area contributed by atoms with Gasteiger partial charge in [-0.25, -0.2) is 4.98 Å². The van der Waals surface area contributed by atoms with Crippen LogP contribution in [0.5, 0.6) is 0 Å². The highest BCUT2D eigenvalue weighted by molar-refractivity contribution is 7.11. The van der Waals surface area contributed by atoms with Gasteiger partial charge in [0.15, 0.2) is 0 Å². The molecule has 2 rings (SSSR count). The Morgan fingerprint density at radius 1 is 1.43 bits per heavy atom. The number of nitrogens with zero attached hydrogens (tertiary/aromatic N) is 2. The number of aromatic nitrogens is 1. The fourth-order valence-electron chi connectivity index (χ4n) is 3.31. The third kappa shape index (κ3) is 4.76. The lowest BCUT2D eigenvalue weighted by Gasteiger charge is -2.36. The normalized spacial score (nSPS) is 23.1. The van der Waals surface area contributed by atoms with E-state index in [2.05, 4.69) is 42.9 Å². The maximum atomic E-state index is 4.58. The van der Waals surface area contributed by atoms with Gasteiger partial charge in [0.2, 0.25) is 0 Å². The molecule has 1 aromatic rings. The second kappa shape index (κ2) is 8.25. The van der Waals surface area contributed by atoms with Gasteiger partial charge in [0.1, 0.15) is 5.01 Å². The number of likely N-dealkylation sites (tertiary alicyclic amines) is 1. The molecule has 0 spiro atoms. The highest BCUT2D eigenvalue weighted by Gasteiger charge is 2.25. The average molecular weight is 310 g/mol. The molecule has 1 aromatic heterocycles. The molecule has 1 aliphatic heterocycles. The summed E-state index contributed by atoms with van der Waals surface area (Å²) < 4.78 is 0. The van der Waals surface area contributed by atoms with Crippen LogP contribution in [0.4, 0.5) is 0 Å². The van der Waals surface area contributed by atoms with Crippen LogP contribution >= 0.6 is 11.3 Å². The van der Waals surface area contributed by atoms with Gasteiger partial charge in [-0.3, -0.25) is 0 Å². The van der Waals surface area contributed by atoms with Gasteiger partial charge in [0, 0.05) is 23.7 Å². The summed E-state index contributed by atoms with van der Waals surface area (Å²) in [7, 11) is 0. The minimum Gasteiger partial charge on any atom is -0.305 e. The van der Waals surface area contributed by atoms with Gasteiger partial charge in [0.25, 0.3) is 0 Å². The summed E-state index contributed by atoms with van der Waals surface area (Å²) in [5.74, 6) is 0.776. The van der Waals surface area contributed by atoms with Crippen molar-refractivity contribution in [2.24, 2.45) is 5.92 Å². The summed E-state index contributed by atoms with van der Waals surface area (Å²) in [4.78, 5) is 8.60. The molecule has 0 aliphatic carbocycles. The molecule has 1 fully saturated rings. The second-order valence-corrected chi connectivity index (χ2v) is 7.55. The highest BCUT2D eigenvalue weighted by atomic mass is 32.1. The van der Waals surface area contributed by atoms with E-state index in [1.807, 2.05) is 17.5 Å². The van der Waals surface area contributed by atoms with Crippen molar-refractivity contribution in [2.45, 2.75) is 65.5 Å². The molecule has 0 radical (unpaired) electrons. The number of rotatable bonds is 7. The Kier molecular flexibility index (Phi) is 6.65. The van der Waals surface area contributed by atoms with E-state index in [0.717, 1.165) is 12.3 Å². The summed E-state index contributed by atoms with van der Waals surface area (Å²) in [6.45, 7) is 12.9. The van der Waals surface area contributed by atoms with Gasteiger partial charge in [-0.1, -0.05) is 13.8 Å². The van der Waals surface area contributed by atoms with Gasteiger partial charge in [0.05, 0.1) is 6.04 Å². The molecule has 3 atom stereocenters. The van der Waals surface area contributed by atoms with E-state index in [-0.39, 0.29) is 0 Å². The molecule has 1 N–H and O–H groups in total. The summed E-state index contributed by atoms with van der Waals surface area (Å²) in [5.41, 5.74) is 0. The Bertz CT molecular complexity index is 416. The number of aryl methyl sites for hydroxylation is 1. The standard InChI is InChI=1S/C17H31N3S/c1-5-9-20-10-7-8-15(12-20)13(3)19-14(4)17-18-11-16(6-2)21-17/h11,13-15,19H,5-10,12H2,1-4H3. The van der Waals surface area contributed by atoms with Gasteiger partial charge < -0.3 is 10.2 Å². The van der Waals surface area contributed by atoms with Crippen LogP contribution in [-0.2, 0) is 6.42 Å². The molecule has 21 heavy (non-hydrogen) atoms. The third-order valence-corrected chi connectivity index (χ3v) is 5.92. The fourth-order valence-corrected chi connectivity index (χ4v) is 4.18. The van der Waals surface area contributed by atoms with Crippen molar-refractivity contribution in [3.8, 4) is 0 Å². The molecule has 3 nitrogen and oxygen atoms in total. The predicted octanol–water partition coefficient (Wildman–Crippen LogP) is 3.87. The molecule has 120 valence electrons. The summed E-state index contributed by atoms with van der Waals surface area (Å²) in [6.07, 6.45) is 7.10. The first kappa shape index (κ1) is 16.9. The number of nitrogens with one attached hydrogen (secondary N) is 1. The van der Waals surface area contributed by atoms with Crippen LogP contribution < -0.4 is 5.32 Å². The third-order valence-electron chi connectivity index (χ3n) is 4.59. The predicted molar refractivity (Wildman–Crippen MR) is 92.0 cm³/mol. The van der Waals surface area contributed by atoms with E-state index in [0.29, 0.717) is 12.1 Å². The van der Waals surface area contributed by atoms with Crippen LogP contribution in [0, 0.1) is 5.92 Å².